The highest BCUT2D eigenvalue weighted by Gasteiger charge is 2.20. The average molecular weight is 241 g/mol. The minimum absolute atomic E-state index is 0.0415. The monoisotopic (exact) mass is 241 g/mol. The van der Waals surface area contributed by atoms with Crippen LogP contribution in [0, 0.1) is 0 Å². The van der Waals surface area contributed by atoms with E-state index in [1.54, 1.807) is 24.4 Å². The molecule has 2 heterocycles. The third-order valence-corrected chi connectivity index (χ3v) is 3.66. The third kappa shape index (κ3) is 1.91. The Morgan fingerprint density at radius 1 is 1.38 bits per heavy atom. The van der Waals surface area contributed by atoms with Crippen molar-refractivity contribution in [2.75, 3.05) is 19.5 Å². The topological polar surface area (TPSA) is 73.6 Å². The summed E-state index contributed by atoms with van der Waals surface area (Å²) >= 11 is 0. The van der Waals surface area contributed by atoms with Gasteiger partial charge in [-0.1, -0.05) is 6.07 Å². The Bertz CT molecular complexity index is 591. The van der Waals surface area contributed by atoms with Crippen LogP contribution in [0.1, 0.15) is 0 Å². The molecular formula is C9H11N3O3S. The van der Waals surface area contributed by atoms with E-state index in [0.717, 1.165) is 0 Å². The fourth-order valence-corrected chi connectivity index (χ4v) is 2.50. The van der Waals surface area contributed by atoms with Crippen molar-refractivity contribution in [3.8, 4) is 0 Å². The summed E-state index contributed by atoms with van der Waals surface area (Å²) in [4.78, 5) is 0. The van der Waals surface area contributed by atoms with Crippen molar-refractivity contribution in [1.29, 1.82) is 0 Å². The summed E-state index contributed by atoms with van der Waals surface area (Å²) < 4.78 is 29.9. The lowest BCUT2D eigenvalue weighted by Gasteiger charge is -2.01. The van der Waals surface area contributed by atoms with E-state index in [1.165, 1.54) is 11.5 Å². The first-order chi connectivity index (χ1) is 7.65. The maximum atomic E-state index is 11.9. The molecular weight excluding hydrogens is 230 g/mol. The smallest absolute Gasteiger partial charge is 0.254 e. The summed E-state index contributed by atoms with van der Waals surface area (Å²) in [7, 11) is -1.99. The van der Waals surface area contributed by atoms with E-state index in [2.05, 4.69) is 10.2 Å². The highest BCUT2D eigenvalue weighted by Crippen LogP contribution is 2.10. The summed E-state index contributed by atoms with van der Waals surface area (Å²) in [5, 5.41) is 7.43. The molecule has 0 radical (unpaired) electrons. The number of rotatable bonds is 4. The second-order valence-corrected chi connectivity index (χ2v) is 5.23. The molecule has 0 aliphatic carbocycles. The van der Waals surface area contributed by atoms with Crippen molar-refractivity contribution in [2.45, 2.75) is 5.16 Å². The number of nitrogens with zero attached hydrogens (tertiary/aromatic N) is 3. The molecule has 0 amide bonds. The molecule has 16 heavy (non-hydrogen) atoms. The second-order valence-electron chi connectivity index (χ2n) is 3.22. The zero-order valence-electron chi connectivity index (χ0n) is 8.70. The Hall–Kier alpha value is -1.47. The average Bonchev–Trinajstić information content (AvgIpc) is 2.71. The van der Waals surface area contributed by atoms with Gasteiger partial charge in [0.25, 0.3) is 5.16 Å². The molecule has 0 saturated heterocycles. The van der Waals surface area contributed by atoms with Crippen molar-refractivity contribution in [1.82, 2.24) is 14.6 Å². The molecule has 2 aromatic heterocycles. The molecule has 7 heteroatoms. The van der Waals surface area contributed by atoms with Crippen LogP contribution in [0.5, 0.6) is 0 Å². The lowest BCUT2D eigenvalue weighted by atomic mass is 10.5. The quantitative estimate of drug-likeness (QED) is 0.761. The van der Waals surface area contributed by atoms with Crippen LogP contribution in [0.4, 0.5) is 0 Å². The van der Waals surface area contributed by atoms with Gasteiger partial charge in [0, 0.05) is 13.3 Å². The number of fused-ring (bicyclic) bond motifs is 1. The summed E-state index contributed by atoms with van der Waals surface area (Å²) in [5.74, 6) is -0.0980. The van der Waals surface area contributed by atoms with Gasteiger partial charge < -0.3 is 4.74 Å². The van der Waals surface area contributed by atoms with Crippen molar-refractivity contribution in [2.24, 2.45) is 0 Å². The molecule has 0 aliphatic rings. The molecule has 0 atom stereocenters. The Morgan fingerprint density at radius 2 is 2.19 bits per heavy atom. The van der Waals surface area contributed by atoms with Crippen molar-refractivity contribution in [3.63, 3.8) is 0 Å². The number of sulfone groups is 1. The molecule has 2 aromatic rings. The summed E-state index contributed by atoms with van der Waals surface area (Å²) in [6.45, 7) is 0.143. The standard InChI is InChI=1S/C9H11N3O3S/c1-15-6-7-16(13,14)9-11-10-8-4-2-3-5-12(8)9/h2-5H,6-7H2,1H3. The predicted molar refractivity (Wildman–Crippen MR) is 56.9 cm³/mol. The number of ether oxygens (including phenoxy) is 1. The normalized spacial score (nSPS) is 12.1. The SMILES string of the molecule is COCCS(=O)(=O)c1nnc2ccccn12. The summed E-state index contributed by atoms with van der Waals surface area (Å²) in [6, 6.07) is 5.20. The van der Waals surface area contributed by atoms with Gasteiger partial charge in [0.15, 0.2) is 5.65 Å². The molecule has 0 N–H and O–H groups in total. The third-order valence-electron chi connectivity index (χ3n) is 2.12. The number of methoxy groups -OCH3 is 1. The lowest BCUT2D eigenvalue weighted by molar-refractivity contribution is 0.217. The highest BCUT2D eigenvalue weighted by molar-refractivity contribution is 7.91. The minimum Gasteiger partial charge on any atom is -0.384 e. The van der Waals surface area contributed by atoms with Crippen molar-refractivity contribution >= 4 is 15.5 Å². The van der Waals surface area contributed by atoms with Crippen LogP contribution in [-0.2, 0) is 14.6 Å². The highest BCUT2D eigenvalue weighted by atomic mass is 32.2. The van der Waals surface area contributed by atoms with Crippen LogP contribution in [0.2, 0.25) is 0 Å². The first-order valence-corrected chi connectivity index (χ1v) is 6.32. The molecule has 0 fully saturated rings. The fraction of sp³-hybridized carbons (Fsp3) is 0.333. The first-order valence-electron chi connectivity index (χ1n) is 4.66. The summed E-state index contributed by atoms with van der Waals surface area (Å²) in [6.07, 6.45) is 1.62. The van der Waals surface area contributed by atoms with E-state index in [0.29, 0.717) is 5.65 Å². The van der Waals surface area contributed by atoms with Crippen LogP contribution in [-0.4, -0.2) is 42.5 Å². The van der Waals surface area contributed by atoms with Crippen LogP contribution in [0.25, 0.3) is 5.65 Å². The van der Waals surface area contributed by atoms with E-state index in [9.17, 15) is 8.42 Å². The number of pyridine rings is 1. The Kier molecular flexibility index (Phi) is 2.88. The zero-order chi connectivity index (χ0) is 11.6. The van der Waals surface area contributed by atoms with Crippen LogP contribution >= 0.6 is 0 Å². The summed E-state index contributed by atoms with van der Waals surface area (Å²) in [5.41, 5.74) is 0.512. The van der Waals surface area contributed by atoms with Gasteiger partial charge in [0.1, 0.15) is 0 Å². The maximum absolute atomic E-state index is 11.9. The van der Waals surface area contributed by atoms with E-state index in [1.807, 2.05) is 0 Å². The van der Waals surface area contributed by atoms with E-state index < -0.39 is 9.84 Å². The first kappa shape index (κ1) is 11.0. The number of hydrogen-bond acceptors (Lipinski definition) is 5. The Labute approximate surface area is 92.8 Å². The number of aromatic nitrogens is 3. The van der Waals surface area contributed by atoms with Gasteiger partial charge in [-0.15, -0.1) is 10.2 Å². The van der Waals surface area contributed by atoms with Crippen LogP contribution < -0.4 is 0 Å². The number of hydrogen-bond donors (Lipinski definition) is 0. The van der Waals surface area contributed by atoms with Gasteiger partial charge >= 0.3 is 0 Å². The van der Waals surface area contributed by atoms with E-state index >= 15 is 0 Å². The van der Waals surface area contributed by atoms with Crippen molar-refractivity contribution < 1.29 is 13.2 Å². The molecule has 6 nitrogen and oxygen atoms in total. The van der Waals surface area contributed by atoms with E-state index in [4.69, 9.17) is 4.74 Å². The zero-order valence-corrected chi connectivity index (χ0v) is 9.51. The van der Waals surface area contributed by atoms with Crippen molar-refractivity contribution in [3.05, 3.63) is 24.4 Å². The molecule has 2 rings (SSSR count). The van der Waals surface area contributed by atoms with Crippen LogP contribution in [0.15, 0.2) is 29.6 Å². The fourth-order valence-electron chi connectivity index (χ4n) is 1.32. The largest absolute Gasteiger partial charge is 0.384 e. The van der Waals surface area contributed by atoms with Gasteiger partial charge in [-0.25, -0.2) is 8.42 Å². The van der Waals surface area contributed by atoms with Gasteiger partial charge in [0.2, 0.25) is 9.84 Å². The molecule has 0 spiro atoms. The van der Waals surface area contributed by atoms with Gasteiger partial charge in [-0.3, -0.25) is 4.40 Å². The molecule has 0 saturated carbocycles. The lowest BCUT2D eigenvalue weighted by Crippen LogP contribution is -2.14. The Morgan fingerprint density at radius 3 is 2.94 bits per heavy atom. The van der Waals surface area contributed by atoms with Crippen LogP contribution in [0.3, 0.4) is 0 Å². The van der Waals surface area contributed by atoms with E-state index in [-0.39, 0.29) is 17.5 Å². The minimum atomic E-state index is -3.44. The van der Waals surface area contributed by atoms with Gasteiger partial charge in [-0.2, -0.15) is 0 Å². The van der Waals surface area contributed by atoms with Gasteiger partial charge in [0.05, 0.1) is 12.4 Å². The second kappa shape index (κ2) is 4.18. The molecule has 0 aliphatic heterocycles. The maximum Gasteiger partial charge on any atom is 0.254 e. The predicted octanol–water partition coefficient (Wildman–Crippen LogP) is 0.149. The Balaban J connectivity index is 2.47. The van der Waals surface area contributed by atoms with Gasteiger partial charge in [-0.05, 0) is 12.1 Å². The molecule has 0 bridgehead atoms. The molecule has 0 aromatic carbocycles. The molecule has 0 unspecified atom stereocenters. The molecule has 86 valence electrons.